The minimum atomic E-state index is -0.889. The zero-order valence-electron chi connectivity index (χ0n) is 7.61. The number of carboxylic acids is 1. The third kappa shape index (κ3) is 2.19. The van der Waals surface area contributed by atoms with Crippen LogP contribution in [0.2, 0.25) is 5.02 Å². The van der Waals surface area contributed by atoms with E-state index in [1.807, 2.05) is 12.1 Å². The van der Waals surface area contributed by atoms with Gasteiger partial charge in [0.15, 0.2) is 0 Å². The first-order chi connectivity index (χ1) is 7.16. The van der Waals surface area contributed by atoms with Crippen molar-refractivity contribution in [1.29, 1.82) is 0 Å². The summed E-state index contributed by atoms with van der Waals surface area (Å²) in [7, 11) is 0. The quantitative estimate of drug-likeness (QED) is 0.865. The van der Waals surface area contributed by atoms with Crippen molar-refractivity contribution in [3.63, 3.8) is 0 Å². The monoisotopic (exact) mass is 238 g/mol. The number of carbonyl (C=O) groups is 1. The van der Waals surface area contributed by atoms with Crippen molar-refractivity contribution in [1.82, 2.24) is 0 Å². The Hall–Kier alpha value is -1.32. The first-order valence-electron chi connectivity index (χ1n) is 4.26. The fourth-order valence-corrected chi connectivity index (χ4v) is 2.20. The number of rotatable bonds is 2. The van der Waals surface area contributed by atoms with Gasteiger partial charge in [0.2, 0.25) is 0 Å². The number of thiophene rings is 1. The van der Waals surface area contributed by atoms with E-state index in [9.17, 15) is 4.79 Å². The number of halogens is 1. The molecule has 0 aliphatic rings. The lowest BCUT2D eigenvalue weighted by atomic mass is 10.2. The largest absolute Gasteiger partial charge is 0.477 e. The fraction of sp³-hybridized carbons (Fsp3) is 0. The van der Waals surface area contributed by atoms with Gasteiger partial charge in [-0.1, -0.05) is 23.7 Å². The summed E-state index contributed by atoms with van der Waals surface area (Å²) in [6, 6.07) is 10.7. The van der Waals surface area contributed by atoms with Gasteiger partial charge in [0.1, 0.15) is 4.88 Å². The molecule has 0 bridgehead atoms. The SMILES string of the molecule is O=C(O)c1ccc(-c2ccc(Cl)cc2)s1. The summed E-state index contributed by atoms with van der Waals surface area (Å²) in [5, 5.41) is 9.45. The molecule has 0 aliphatic heterocycles. The van der Waals surface area contributed by atoms with E-state index in [0.29, 0.717) is 9.90 Å². The second-order valence-electron chi connectivity index (χ2n) is 2.98. The van der Waals surface area contributed by atoms with Crippen LogP contribution in [0.15, 0.2) is 36.4 Å². The third-order valence-electron chi connectivity index (χ3n) is 1.95. The molecule has 0 fully saturated rings. The Bertz CT molecular complexity index is 488. The van der Waals surface area contributed by atoms with Gasteiger partial charge in [0, 0.05) is 9.90 Å². The first kappa shape index (κ1) is 10.2. The van der Waals surface area contributed by atoms with Crippen LogP contribution in [-0.4, -0.2) is 11.1 Å². The molecule has 2 nitrogen and oxygen atoms in total. The molecule has 0 radical (unpaired) electrons. The van der Waals surface area contributed by atoms with Crippen LogP contribution in [0.1, 0.15) is 9.67 Å². The Morgan fingerprint density at radius 2 is 1.80 bits per heavy atom. The molecule has 0 aliphatic carbocycles. The maximum Gasteiger partial charge on any atom is 0.345 e. The number of benzene rings is 1. The molecule has 0 amide bonds. The molecule has 1 heterocycles. The normalized spacial score (nSPS) is 10.2. The Morgan fingerprint density at radius 3 is 2.33 bits per heavy atom. The summed E-state index contributed by atoms with van der Waals surface area (Å²) in [5.74, 6) is -0.889. The van der Waals surface area contributed by atoms with Gasteiger partial charge in [0.25, 0.3) is 0 Å². The van der Waals surface area contributed by atoms with Crippen LogP contribution in [0.4, 0.5) is 0 Å². The molecule has 0 saturated heterocycles. The lowest BCUT2D eigenvalue weighted by molar-refractivity contribution is 0.0702. The lowest BCUT2D eigenvalue weighted by Gasteiger charge is -1.96. The molecule has 0 saturated carbocycles. The van der Waals surface area contributed by atoms with Crippen molar-refractivity contribution < 1.29 is 9.90 Å². The van der Waals surface area contributed by atoms with Gasteiger partial charge >= 0.3 is 5.97 Å². The Labute approximate surface area is 95.8 Å². The highest BCUT2D eigenvalue weighted by atomic mass is 35.5. The van der Waals surface area contributed by atoms with Gasteiger partial charge in [-0.2, -0.15) is 0 Å². The van der Waals surface area contributed by atoms with E-state index < -0.39 is 5.97 Å². The van der Waals surface area contributed by atoms with E-state index >= 15 is 0 Å². The molecule has 4 heteroatoms. The van der Waals surface area contributed by atoms with Gasteiger partial charge in [-0.05, 0) is 29.8 Å². The van der Waals surface area contributed by atoms with Gasteiger partial charge in [-0.25, -0.2) is 4.79 Å². The molecular formula is C11H7ClO2S. The van der Waals surface area contributed by atoms with Crippen molar-refractivity contribution in [3.05, 3.63) is 46.3 Å². The third-order valence-corrected chi connectivity index (χ3v) is 3.32. The predicted molar refractivity (Wildman–Crippen MR) is 61.7 cm³/mol. The molecule has 1 aromatic carbocycles. The van der Waals surface area contributed by atoms with Crippen molar-refractivity contribution in [2.45, 2.75) is 0 Å². The minimum Gasteiger partial charge on any atom is -0.477 e. The van der Waals surface area contributed by atoms with Crippen molar-refractivity contribution in [3.8, 4) is 10.4 Å². The summed E-state index contributed by atoms with van der Waals surface area (Å²) in [4.78, 5) is 12.0. The van der Waals surface area contributed by atoms with Crippen LogP contribution >= 0.6 is 22.9 Å². The highest BCUT2D eigenvalue weighted by molar-refractivity contribution is 7.17. The van der Waals surface area contributed by atoms with Gasteiger partial charge in [0.05, 0.1) is 0 Å². The summed E-state index contributed by atoms with van der Waals surface area (Å²) >= 11 is 7.02. The Balaban J connectivity index is 2.37. The minimum absolute atomic E-state index is 0.347. The average molecular weight is 239 g/mol. The molecule has 0 spiro atoms. The van der Waals surface area contributed by atoms with Crippen molar-refractivity contribution in [2.24, 2.45) is 0 Å². The fourth-order valence-electron chi connectivity index (χ4n) is 1.22. The van der Waals surface area contributed by atoms with E-state index in [1.54, 1.807) is 24.3 Å². The lowest BCUT2D eigenvalue weighted by Crippen LogP contribution is -1.89. The van der Waals surface area contributed by atoms with E-state index in [2.05, 4.69) is 0 Å². The van der Waals surface area contributed by atoms with Gasteiger partial charge in [-0.15, -0.1) is 11.3 Å². The Morgan fingerprint density at radius 1 is 1.13 bits per heavy atom. The number of carboxylic acid groups (broad SMARTS) is 1. The van der Waals surface area contributed by atoms with E-state index in [1.165, 1.54) is 11.3 Å². The van der Waals surface area contributed by atoms with Crippen LogP contribution in [0.3, 0.4) is 0 Å². The Kier molecular flexibility index (Phi) is 2.75. The van der Waals surface area contributed by atoms with Crippen LogP contribution in [0, 0.1) is 0 Å². The molecule has 76 valence electrons. The molecule has 15 heavy (non-hydrogen) atoms. The van der Waals surface area contributed by atoms with E-state index in [0.717, 1.165) is 10.4 Å². The molecular weight excluding hydrogens is 232 g/mol. The molecule has 1 aromatic heterocycles. The van der Waals surface area contributed by atoms with Crippen LogP contribution in [0.25, 0.3) is 10.4 Å². The second-order valence-corrected chi connectivity index (χ2v) is 4.50. The highest BCUT2D eigenvalue weighted by Crippen LogP contribution is 2.28. The number of hydrogen-bond acceptors (Lipinski definition) is 2. The zero-order chi connectivity index (χ0) is 10.8. The van der Waals surface area contributed by atoms with Crippen molar-refractivity contribution >= 4 is 28.9 Å². The summed E-state index contributed by atoms with van der Waals surface area (Å²) < 4.78 is 0. The van der Waals surface area contributed by atoms with E-state index in [4.69, 9.17) is 16.7 Å². The van der Waals surface area contributed by atoms with Crippen LogP contribution in [0.5, 0.6) is 0 Å². The van der Waals surface area contributed by atoms with Gasteiger partial charge < -0.3 is 5.11 Å². The summed E-state index contributed by atoms with van der Waals surface area (Å²) in [6.07, 6.45) is 0. The predicted octanol–water partition coefficient (Wildman–Crippen LogP) is 3.77. The smallest absolute Gasteiger partial charge is 0.345 e. The number of aromatic carboxylic acids is 1. The maximum atomic E-state index is 10.7. The molecule has 2 aromatic rings. The molecule has 0 atom stereocenters. The summed E-state index contributed by atoms with van der Waals surface area (Å²) in [6.45, 7) is 0. The molecule has 1 N–H and O–H groups in total. The molecule has 0 unspecified atom stereocenters. The topological polar surface area (TPSA) is 37.3 Å². The first-order valence-corrected chi connectivity index (χ1v) is 5.45. The zero-order valence-corrected chi connectivity index (χ0v) is 9.18. The molecule has 2 rings (SSSR count). The summed E-state index contributed by atoms with van der Waals surface area (Å²) in [5.41, 5.74) is 0.983. The van der Waals surface area contributed by atoms with Gasteiger partial charge in [-0.3, -0.25) is 0 Å². The van der Waals surface area contributed by atoms with Crippen LogP contribution in [-0.2, 0) is 0 Å². The second kappa shape index (κ2) is 4.04. The van der Waals surface area contributed by atoms with Crippen molar-refractivity contribution in [2.75, 3.05) is 0 Å². The average Bonchev–Trinajstić information content (AvgIpc) is 2.68. The van der Waals surface area contributed by atoms with E-state index in [-0.39, 0.29) is 0 Å². The highest BCUT2D eigenvalue weighted by Gasteiger charge is 2.07. The maximum absolute atomic E-state index is 10.7. The van der Waals surface area contributed by atoms with Crippen LogP contribution < -0.4 is 0 Å². The number of hydrogen-bond donors (Lipinski definition) is 1. The standard InChI is InChI=1S/C11H7ClO2S/c12-8-3-1-7(2-4-8)9-5-6-10(15-9)11(13)14/h1-6H,(H,13,14).